The highest BCUT2D eigenvalue weighted by Crippen LogP contribution is 2.18. The van der Waals surface area contributed by atoms with Crippen molar-refractivity contribution in [2.45, 2.75) is 13.2 Å². The largest absolute Gasteiger partial charge is 0.494 e. The molecule has 0 unspecified atom stereocenters. The van der Waals surface area contributed by atoms with Gasteiger partial charge in [0.1, 0.15) is 0 Å². The normalized spacial score (nSPS) is 10.2. The van der Waals surface area contributed by atoms with Crippen LogP contribution in [0.4, 0.5) is 4.39 Å². The molecule has 5 heteroatoms. The Morgan fingerprint density at radius 1 is 1.24 bits per heavy atom. The van der Waals surface area contributed by atoms with Gasteiger partial charge in [0.2, 0.25) is 0 Å². The maximum absolute atomic E-state index is 13.3. The predicted molar refractivity (Wildman–Crippen MR) is 76.5 cm³/mol. The van der Waals surface area contributed by atoms with Crippen LogP contribution < -0.4 is 10.1 Å². The first-order chi connectivity index (χ1) is 10.1. The zero-order chi connectivity index (χ0) is 15.2. The Morgan fingerprint density at radius 3 is 2.71 bits per heavy atom. The fourth-order valence-corrected chi connectivity index (χ4v) is 1.92. The van der Waals surface area contributed by atoms with Crippen molar-refractivity contribution in [2.24, 2.45) is 0 Å². The van der Waals surface area contributed by atoms with E-state index in [2.05, 4.69) is 5.32 Å². The van der Waals surface area contributed by atoms with Gasteiger partial charge in [0.05, 0.1) is 13.7 Å². The van der Waals surface area contributed by atoms with Gasteiger partial charge in [-0.05, 0) is 29.3 Å². The van der Waals surface area contributed by atoms with Gasteiger partial charge >= 0.3 is 0 Å². The number of methoxy groups -OCH3 is 1. The Kier molecular flexibility index (Phi) is 4.90. The molecule has 1 amide bonds. The average molecular weight is 289 g/mol. The number of carbonyl (C=O) groups is 1. The summed E-state index contributed by atoms with van der Waals surface area (Å²) in [6.45, 7) is 0.281. The van der Waals surface area contributed by atoms with Gasteiger partial charge in [-0.1, -0.05) is 24.3 Å². The van der Waals surface area contributed by atoms with E-state index in [1.807, 2.05) is 18.2 Å². The van der Waals surface area contributed by atoms with Gasteiger partial charge < -0.3 is 15.2 Å². The highest BCUT2D eigenvalue weighted by atomic mass is 19.1. The number of nitrogens with one attached hydrogen (secondary N) is 1. The van der Waals surface area contributed by atoms with E-state index >= 15 is 0 Å². The molecular formula is C16H16FNO3. The van der Waals surface area contributed by atoms with Gasteiger partial charge in [-0.2, -0.15) is 0 Å². The summed E-state index contributed by atoms with van der Waals surface area (Å²) in [4.78, 5) is 12.0. The zero-order valence-corrected chi connectivity index (χ0v) is 11.6. The molecule has 0 saturated heterocycles. The number of carbonyl (C=O) groups excluding carboxylic acids is 1. The first-order valence-electron chi connectivity index (χ1n) is 6.44. The molecule has 0 aliphatic heterocycles. The van der Waals surface area contributed by atoms with Gasteiger partial charge in [0.25, 0.3) is 5.91 Å². The van der Waals surface area contributed by atoms with Crippen molar-refractivity contribution in [3.05, 3.63) is 65.0 Å². The van der Waals surface area contributed by atoms with Gasteiger partial charge in [0, 0.05) is 12.1 Å². The molecule has 0 aromatic heterocycles. The first kappa shape index (κ1) is 15.0. The molecule has 0 aliphatic rings. The molecule has 0 saturated carbocycles. The average Bonchev–Trinajstić information content (AvgIpc) is 2.53. The molecule has 0 bridgehead atoms. The number of ether oxygens (including phenoxy) is 1. The quantitative estimate of drug-likeness (QED) is 0.887. The number of amides is 1. The standard InChI is InChI=1S/C16H16FNO3/c1-21-15-8-13(5-6-14(15)17)16(20)18-9-11-3-2-4-12(7-11)10-19/h2-8,19H,9-10H2,1H3,(H,18,20). The number of hydrogen-bond acceptors (Lipinski definition) is 3. The summed E-state index contributed by atoms with van der Waals surface area (Å²) < 4.78 is 18.1. The Labute approximate surface area is 122 Å². The Balaban J connectivity index is 2.04. The zero-order valence-electron chi connectivity index (χ0n) is 11.6. The molecule has 110 valence electrons. The lowest BCUT2D eigenvalue weighted by molar-refractivity contribution is 0.0950. The minimum atomic E-state index is -0.510. The molecule has 0 radical (unpaired) electrons. The number of aliphatic hydroxyl groups is 1. The van der Waals surface area contributed by atoms with Crippen LogP contribution in [0, 0.1) is 5.82 Å². The van der Waals surface area contributed by atoms with Crippen LogP contribution in [0.15, 0.2) is 42.5 Å². The molecule has 0 aliphatic carbocycles. The van der Waals surface area contributed by atoms with Crippen LogP contribution in [-0.4, -0.2) is 18.1 Å². The minimum absolute atomic E-state index is 0.0323. The second-order valence-corrected chi connectivity index (χ2v) is 4.51. The molecule has 2 rings (SSSR count). The summed E-state index contributed by atoms with van der Waals surface area (Å²) in [5.41, 5.74) is 1.99. The molecular weight excluding hydrogens is 273 g/mol. The number of halogens is 1. The van der Waals surface area contributed by atoms with Crippen LogP contribution in [0.25, 0.3) is 0 Å². The third-order valence-electron chi connectivity index (χ3n) is 3.04. The van der Waals surface area contributed by atoms with E-state index in [9.17, 15) is 9.18 Å². The molecule has 0 atom stereocenters. The SMILES string of the molecule is COc1cc(C(=O)NCc2cccc(CO)c2)ccc1F. The Hall–Kier alpha value is -2.40. The summed E-state index contributed by atoms with van der Waals surface area (Å²) >= 11 is 0. The van der Waals surface area contributed by atoms with Crippen molar-refractivity contribution < 1.29 is 19.0 Å². The van der Waals surface area contributed by atoms with Crippen molar-refractivity contribution in [2.75, 3.05) is 7.11 Å². The van der Waals surface area contributed by atoms with Crippen molar-refractivity contribution in [3.8, 4) is 5.75 Å². The van der Waals surface area contributed by atoms with Crippen molar-refractivity contribution in [3.63, 3.8) is 0 Å². The van der Waals surface area contributed by atoms with Gasteiger partial charge in [-0.3, -0.25) is 4.79 Å². The number of aliphatic hydroxyl groups excluding tert-OH is 1. The second kappa shape index (κ2) is 6.85. The van der Waals surface area contributed by atoms with Crippen LogP contribution in [0.5, 0.6) is 5.75 Å². The molecule has 2 aromatic rings. The molecule has 0 spiro atoms. The summed E-state index contributed by atoms with van der Waals surface area (Å²) in [5, 5.41) is 11.8. The van der Waals surface area contributed by atoms with Gasteiger partial charge in [-0.25, -0.2) is 4.39 Å². The third kappa shape index (κ3) is 3.79. The fourth-order valence-electron chi connectivity index (χ4n) is 1.92. The van der Waals surface area contributed by atoms with E-state index in [0.717, 1.165) is 11.1 Å². The van der Waals surface area contributed by atoms with Gasteiger partial charge in [0.15, 0.2) is 11.6 Å². The van der Waals surface area contributed by atoms with E-state index in [1.54, 1.807) is 6.07 Å². The summed E-state index contributed by atoms with van der Waals surface area (Å²) in [7, 11) is 1.35. The lowest BCUT2D eigenvalue weighted by Gasteiger charge is -2.08. The first-order valence-corrected chi connectivity index (χ1v) is 6.44. The molecule has 2 aromatic carbocycles. The monoisotopic (exact) mass is 289 g/mol. The lowest BCUT2D eigenvalue weighted by atomic mass is 10.1. The smallest absolute Gasteiger partial charge is 0.251 e. The highest BCUT2D eigenvalue weighted by molar-refractivity contribution is 5.94. The molecule has 0 heterocycles. The number of hydrogen-bond donors (Lipinski definition) is 2. The topological polar surface area (TPSA) is 58.6 Å². The van der Waals surface area contributed by atoms with Crippen molar-refractivity contribution in [1.29, 1.82) is 0 Å². The maximum atomic E-state index is 13.3. The number of benzene rings is 2. The van der Waals surface area contributed by atoms with E-state index in [4.69, 9.17) is 9.84 Å². The summed E-state index contributed by atoms with van der Waals surface area (Å²) in [5.74, 6) is -0.794. The third-order valence-corrected chi connectivity index (χ3v) is 3.04. The summed E-state index contributed by atoms with van der Waals surface area (Å²) in [6, 6.07) is 11.2. The summed E-state index contributed by atoms with van der Waals surface area (Å²) in [6.07, 6.45) is 0. The molecule has 2 N–H and O–H groups in total. The van der Waals surface area contributed by atoms with Crippen molar-refractivity contribution >= 4 is 5.91 Å². The van der Waals surface area contributed by atoms with E-state index < -0.39 is 5.82 Å². The van der Waals surface area contributed by atoms with Crippen LogP contribution in [0.3, 0.4) is 0 Å². The van der Waals surface area contributed by atoms with Crippen LogP contribution in [-0.2, 0) is 13.2 Å². The van der Waals surface area contributed by atoms with Crippen LogP contribution in [0.2, 0.25) is 0 Å². The fraction of sp³-hybridized carbons (Fsp3) is 0.188. The van der Waals surface area contributed by atoms with Gasteiger partial charge in [-0.15, -0.1) is 0 Å². The van der Waals surface area contributed by atoms with E-state index in [-0.39, 0.29) is 18.3 Å². The Morgan fingerprint density at radius 2 is 2.00 bits per heavy atom. The van der Waals surface area contributed by atoms with E-state index in [1.165, 1.54) is 25.3 Å². The number of rotatable bonds is 5. The van der Waals surface area contributed by atoms with Crippen LogP contribution >= 0.6 is 0 Å². The van der Waals surface area contributed by atoms with Crippen LogP contribution in [0.1, 0.15) is 21.5 Å². The Bertz CT molecular complexity index is 643. The predicted octanol–water partition coefficient (Wildman–Crippen LogP) is 2.26. The molecule has 4 nitrogen and oxygen atoms in total. The molecule has 21 heavy (non-hydrogen) atoms. The highest BCUT2D eigenvalue weighted by Gasteiger charge is 2.10. The molecule has 0 fully saturated rings. The maximum Gasteiger partial charge on any atom is 0.251 e. The van der Waals surface area contributed by atoms with E-state index in [0.29, 0.717) is 12.1 Å². The minimum Gasteiger partial charge on any atom is -0.494 e. The second-order valence-electron chi connectivity index (χ2n) is 4.51. The van der Waals surface area contributed by atoms with Crippen molar-refractivity contribution in [1.82, 2.24) is 5.32 Å². The lowest BCUT2D eigenvalue weighted by Crippen LogP contribution is -2.22.